The van der Waals surface area contributed by atoms with Gasteiger partial charge in [-0.2, -0.15) is 13.2 Å². The van der Waals surface area contributed by atoms with E-state index in [0.717, 1.165) is 26.4 Å². The molecule has 0 aliphatic carbocycles. The average Bonchev–Trinajstić information content (AvgIpc) is 2.66. The summed E-state index contributed by atoms with van der Waals surface area (Å²) in [5.74, 6) is -1.29. The second-order valence-electron chi connectivity index (χ2n) is 4.28. The molecule has 1 unspecified atom stereocenters. The van der Waals surface area contributed by atoms with Crippen LogP contribution in [0.1, 0.15) is 27.6 Å². The molecule has 0 bridgehead atoms. The molecule has 1 nitrogen and oxygen atoms in total. The van der Waals surface area contributed by atoms with Gasteiger partial charge in [0.25, 0.3) is 0 Å². The fourth-order valence-corrected chi connectivity index (χ4v) is 3.66. The van der Waals surface area contributed by atoms with Gasteiger partial charge >= 0.3 is 6.18 Å². The molecule has 0 spiro atoms. The zero-order valence-corrected chi connectivity index (χ0v) is 12.7. The van der Waals surface area contributed by atoms with Gasteiger partial charge in [0.05, 0.1) is 15.4 Å². The van der Waals surface area contributed by atoms with E-state index in [-0.39, 0.29) is 5.56 Å². The van der Waals surface area contributed by atoms with Crippen molar-refractivity contribution in [2.75, 3.05) is 0 Å². The molecular weight excluding hydrogens is 358 g/mol. The smallest absolute Gasteiger partial charge is 0.320 e. The van der Waals surface area contributed by atoms with E-state index in [0.29, 0.717) is 0 Å². The first-order valence-corrected chi connectivity index (χ1v) is 7.19. The molecule has 0 saturated heterocycles. The fourth-order valence-electron chi connectivity index (χ4n) is 1.90. The molecule has 7 heteroatoms. The van der Waals surface area contributed by atoms with E-state index in [1.807, 2.05) is 6.92 Å². The molecule has 2 rings (SSSR count). The highest BCUT2D eigenvalue weighted by Crippen LogP contribution is 2.36. The van der Waals surface area contributed by atoms with Gasteiger partial charge in [0.2, 0.25) is 0 Å². The van der Waals surface area contributed by atoms with E-state index >= 15 is 0 Å². The van der Waals surface area contributed by atoms with Crippen molar-refractivity contribution < 1.29 is 17.6 Å². The Morgan fingerprint density at radius 3 is 2.40 bits per heavy atom. The summed E-state index contributed by atoms with van der Waals surface area (Å²) in [7, 11) is 0. The number of hydrogen-bond acceptors (Lipinski definition) is 2. The topological polar surface area (TPSA) is 26.0 Å². The Balaban J connectivity index is 2.46. The predicted octanol–water partition coefficient (Wildman–Crippen LogP) is 5.03. The van der Waals surface area contributed by atoms with Crippen LogP contribution >= 0.6 is 27.3 Å². The number of alkyl halides is 3. The monoisotopic (exact) mass is 367 g/mol. The summed E-state index contributed by atoms with van der Waals surface area (Å²) >= 11 is 4.75. The molecule has 0 amide bonds. The maximum absolute atomic E-state index is 13.2. The zero-order valence-electron chi connectivity index (χ0n) is 10.3. The Hall–Kier alpha value is -0.920. The lowest BCUT2D eigenvalue weighted by Crippen LogP contribution is -2.15. The Kier molecular flexibility index (Phi) is 4.22. The van der Waals surface area contributed by atoms with Gasteiger partial charge in [-0.15, -0.1) is 11.3 Å². The number of thiophene rings is 1. The molecule has 1 atom stereocenters. The van der Waals surface area contributed by atoms with E-state index in [9.17, 15) is 17.6 Å². The van der Waals surface area contributed by atoms with E-state index in [2.05, 4.69) is 15.9 Å². The normalized spacial score (nSPS) is 13.6. The number of aryl methyl sites for hydroxylation is 1. The van der Waals surface area contributed by atoms with E-state index < -0.39 is 23.6 Å². The van der Waals surface area contributed by atoms with Gasteiger partial charge < -0.3 is 5.73 Å². The third-order valence-corrected chi connectivity index (χ3v) is 4.49. The highest BCUT2D eigenvalue weighted by molar-refractivity contribution is 9.11. The van der Waals surface area contributed by atoms with Crippen molar-refractivity contribution in [1.82, 2.24) is 0 Å². The minimum absolute atomic E-state index is 0.229. The lowest BCUT2D eigenvalue weighted by atomic mass is 9.98. The highest BCUT2D eigenvalue weighted by Gasteiger charge is 2.34. The minimum atomic E-state index is -4.73. The second-order valence-corrected chi connectivity index (χ2v) is 6.91. The summed E-state index contributed by atoms with van der Waals surface area (Å²) < 4.78 is 52.2. The third kappa shape index (κ3) is 3.05. The summed E-state index contributed by atoms with van der Waals surface area (Å²) in [4.78, 5) is 0.905. The molecule has 0 saturated carbocycles. The van der Waals surface area contributed by atoms with Crippen molar-refractivity contribution in [3.05, 3.63) is 55.4 Å². The van der Waals surface area contributed by atoms with E-state index in [4.69, 9.17) is 5.73 Å². The van der Waals surface area contributed by atoms with Crippen molar-refractivity contribution in [2.45, 2.75) is 19.1 Å². The van der Waals surface area contributed by atoms with Gasteiger partial charge in [-0.3, -0.25) is 0 Å². The average molecular weight is 368 g/mol. The first-order valence-electron chi connectivity index (χ1n) is 5.58. The van der Waals surface area contributed by atoms with Crippen LogP contribution in [-0.4, -0.2) is 0 Å². The first-order chi connectivity index (χ1) is 9.20. The standard InChI is InChI=1S/C13H10BrF4NS/c1-6-8(5-11(14)20-6)12(19)7-2-3-10(15)9(4-7)13(16,17)18/h2-5,12H,19H2,1H3. The maximum atomic E-state index is 13.2. The van der Waals surface area contributed by atoms with Crippen molar-refractivity contribution in [3.8, 4) is 0 Å². The second kappa shape index (κ2) is 5.46. The molecule has 2 aromatic rings. The van der Waals surface area contributed by atoms with Crippen LogP contribution in [-0.2, 0) is 6.18 Å². The van der Waals surface area contributed by atoms with Crippen LogP contribution < -0.4 is 5.73 Å². The van der Waals surface area contributed by atoms with Gasteiger partial charge in [0.15, 0.2) is 0 Å². The first kappa shape index (κ1) is 15.5. The molecule has 0 fully saturated rings. The van der Waals surface area contributed by atoms with Gasteiger partial charge in [0.1, 0.15) is 5.82 Å². The molecule has 108 valence electrons. The lowest BCUT2D eigenvalue weighted by Gasteiger charge is -2.15. The van der Waals surface area contributed by atoms with Crippen molar-refractivity contribution >= 4 is 27.3 Å². The number of halogens is 5. The summed E-state index contributed by atoms with van der Waals surface area (Å²) in [6, 6.07) is 3.89. The van der Waals surface area contributed by atoms with Crippen LogP contribution in [0.25, 0.3) is 0 Å². The molecule has 0 aliphatic rings. The van der Waals surface area contributed by atoms with Crippen LogP contribution in [0.5, 0.6) is 0 Å². The SMILES string of the molecule is Cc1sc(Br)cc1C(N)c1ccc(F)c(C(F)(F)F)c1. The Labute approximate surface area is 125 Å². The lowest BCUT2D eigenvalue weighted by molar-refractivity contribution is -0.140. The summed E-state index contributed by atoms with van der Waals surface area (Å²) in [5.41, 5.74) is 5.65. The predicted molar refractivity (Wildman–Crippen MR) is 74.2 cm³/mol. The molecular formula is C13H10BrF4NS. The maximum Gasteiger partial charge on any atom is 0.419 e. The van der Waals surface area contributed by atoms with Crippen LogP contribution in [0.4, 0.5) is 17.6 Å². The van der Waals surface area contributed by atoms with E-state index in [1.54, 1.807) is 6.07 Å². The highest BCUT2D eigenvalue weighted by atomic mass is 79.9. The van der Waals surface area contributed by atoms with Crippen LogP contribution in [0.15, 0.2) is 28.1 Å². The zero-order chi connectivity index (χ0) is 15.1. The Morgan fingerprint density at radius 2 is 1.90 bits per heavy atom. The van der Waals surface area contributed by atoms with Gasteiger partial charge in [-0.25, -0.2) is 4.39 Å². The van der Waals surface area contributed by atoms with Gasteiger partial charge in [0, 0.05) is 4.88 Å². The van der Waals surface area contributed by atoms with Gasteiger partial charge in [-0.05, 0) is 52.2 Å². The summed E-state index contributed by atoms with van der Waals surface area (Å²) in [6.07, 6.45) is -4.73. The molecule has 0 aliphatic heterocycles. The van der Waals surface area contributed by atoms with Crippen LogP contribution in [0, 0.1) is 12.7 Å². The van der Waals surface area contributed by atoms with Crippen LogP contribution in [0.2, 0.25) is 0 Å². The van der Waals surface area contributed by atoms with Crippen molar-refractivity contribution in [3.63, 3.8) is 0 Å². The summed E-state index contributed by atoms with van der Waals surface area (Å²) in [5, 5.41) is 0. The van der Waals surface area contributed by atoms with Crippen molar-refractivity contribution in [1.29, 1.82) is 0 Å². The number of benzene rings is 1. The van der Waals surface area contributed by atoms with Crippen LogP contribution in [0.3, 0.4) is 0 Å². The van der Waals surface area contributed by atoms with Crippen molar-refractivity contribution in [2.24, 2.45) is 5.73 Å². The quantitative estimate of drug-likeness (QED) is 0.740. The molecule has 1 heterocycles. The Morgan fingerprint density at radius 1 is 1.25 bits per heavy atom. The number of nitrogens with two attached hydrogens (primary N) is 1. The molecule has 1 aromatic heterocycles. The van der Waals surface area contributed by atoms with E-state index in [1.165, 1.54) is 17.4 Å². The largest absolute Gasteiger partial charge is 0.419 e. The minimum Gasteiger partial charge on any atom is -0.320 e. The Bertz CT molecular complexity index is 636. The molecule has 2 N–H and O–H groups in total. The fraction of sp³-hybridized carbons (Fsp3) is 0.231. The summed E-state index contributed by atoms with van der Waals surface area (Å²) in [6.45, 7) is 1.83. The number of hydrogen-bond donors (Lipinski definition) is 1. The molecule has 0 radical (unpaired) electrons. The number of rotatable bonds is 2. The third-order valence-electron chi connectivity index (χ3n) is 2.92. The van der Waals surface area contributed by atoms with Gasteiger partial charge in [-0.1, -0.05) is 6.07 Å². The molecule has 1 aromatic carbocycles. The molecule has 20 heavy (non-hydrogen) atoms.